The van der Waals surface area contributed by atoms with Crippen molar-refractivity contribution in [2.24, 2.45) is 0 Å². The largest absolute Gasteiger partial charge is 0.480 e. The predicted octanol–water partition coefficient (Wildman–Crippen LogP) is 2.00. The van der Waals surface area contributed by atoms with Crippen LogP contribution in [0.5, 0.6) is 5.88 Å². The third-order valence-electron chi connectivity index (χ3n) is 4.60. The number of nitrogens with one attached hydrogen (secondary N) is 1. The maximum absolute atomic E-state index is 14.0. The Morgan fingerprint density at radius 2 is 2.07 bits per heavy atom. The van der Waals surface area contributed by atoms with Gasteiger partial charge in [-0.3, -0.25) is 9.78 Å². The molecule has 0 spiro atoms. The first kappa shape index (κ1) is 17.8. The summed E-state index contributed by atoms with van der Waals surface area (Å²) in [6, 6.07) is 3.89. The van der Waals surface area contributed by atoms with Crippen LogP contribution in [0.4, 0.5) is 10.3 Å². The fourth-order valence-electron chi connectivity index (χ4n) is 3.39. The summed E-state index contributed by atoms with van der Waals surface area (Å²) in [5, 5.41) is 2.95. The average molecular weight is 379 g/mol. The molecule has 1 amide bonds. The highest BCUT2D eigenvalue weighted by atomic mass is 19.1. The minimum absolute atomic E-state index is 0.114. The number of aromatic nitrogens is 4. The van der Waals surface area contributed by atoms with E-state index >= 15 is 0 Å². The molecule has 9 heteroatoms. The second kappa shape index (κ2) is 6.84. The molecule has 0 fully saturated rings. The summed E-state index contributed by atoms with van der Waals surface area (Å²) in [6.07, 6.45) is 3.37. The smallest absolute Gasteiger partial charge is 0.255 e. The van der Waals surface area contributed by atoms with Gasteiger partial charge in [-0.25, -0.2) is 19.3 Å². The number of hydrogen-bond acceptors (Lipinski definition) is 7. The van der Waals surface area contributed by atoms with Gasteiger partial charge in [-0.15, -0.1) is 0 Å². The molecular formula is C19H17FN6O2. The normalized spacial score (nSPS) is 15.7. The molecule has 142 valence electrons. The van der Waals surface area contributed by atoms with Crippen LogP contribution >= 0.6 is 0 Å². The number of methoxy groups -OCH3 is 1. The molecule has 1 unspecified atom stereocenters. The molecule has 1 atom stereocenters. The van der Waals surface area contributed by atoms with Crippen LogP contribution < -0.4 is 15.8 Å². The van der Waals surface area contributed by atoms with Gasteiger partial charge < -0.3 is 15.8 Å². The zero-order valence-corrected chi connectivity index (χ0v) is 15.2. The molecule has 3 aromatic rings. The second-order valence-corrected chi connectivity index (χ2v) is 6.40. The van der Waals surface area contributed by atoms with E-state index in [1.54, 1.807) is 13.0 Å². The maximum Gasteiger partial charge on any atom is 0.255 e. The van der Waals surface area contributed by atoms with Crippen LogP contribution in [0, 0.1) is 12.7 Å². The van der Waals surface area contributed by atoms with Crippen molar-refractivity contribution < 1.29 is 13.9 Å². The van der Waals surface area contributed by atoms with Crippen molar-refractivity contribution >= 4 is 11.9 Å². The molecule has 28 heavy (non-hydrogen) atoms. The highest BCUT2D eigenvalue weighted by Gasteiger charge is 2.30. The molecule has 0 radical (unpaired) electrons. The molecular weight excluding hydrogens is 362 g/mol. The van der Waals surface area contributed by atoms with Crippen LogP contribution in [0.15, 0.2) is 30.6 Å². The van der Waals surface area contributed by atoms with E-state index in [0.717, 1.165) is 0 Å². The van der Waals surface area contributed by atoms with Gasteiger partial charge >= 0.3 is 0 Å². The number of nitrogens with two attached hydrogens (primary N) is 1. The van der Waals surface area contributed by atoms with Crippen LogP contribution in [0.1, 0.15) is 33.4 Å². The number of fused-ring (bicyclic) bond motifs is 1. The fraction of sp³-hybridized carbons (Fsp3) is 0.211. The van der Waals surface area contributed by atoms with Gasteiger partial charge in [0, 0.05) is 12.0 Å². The lowest BCUT2D eigenvalue weighted by atomic mass is 9.90. The lowest BCUT2D eigenvalue weighted by Crippen LogP contribution is -2.37. The molecule has 3 heterocycles. The Bertz CT molecular complexity index is 1090. The van der Waals surface area contributed by atoms with Gasteiger partial charge in [-0.2, -0.15) is 0 Å². The van der Waals surface area contributed by atoms with E-state index in [4.69, 9.17) is 10.5 Å². The molecule has 0 saturated heterocycles. The summed E-state index contributed by atoms with van der Waals surface area (Å²) >= 11 is 0. The molecule has 1 aliphatic heterocycles. The van der Waals surface area contributed by atoms with Gasteiger partial charge in [0.15, 0.2) is 0 Å². The van der Waals surface area contributed by atoms with Crippen molar-refractivity contribution in [3.63, 3.8) is 0 Å². The fourth-order valence-corrected chi connectivity index (χ4v) is 3.39. The van der Waals surface area contributed by atoms with Gasteiger partial charge in [0.2, 0.25) is 11.8 Å². The van der Waals surface area contributed by atoms with Crippen LogP contribution in [0.2, 0.25) is 0 Å². The Morgan fingerprint density at radius 3 is 2.86 bits per heavy atom. The number of carbonyl (C=O) groups is 1. The summed E-state index contributed by atoms with van der Waals surface area (Å²) in [6.45, 7) is 1.71. The molecule has 1 aliphatic rings. The van der Waals surface area contributed by atoms with Crippen molar-refractivity contribution in [1.82, 2.24) is 25.3 Å². The van der Waals surface area contributed by atoms with Crippen molar-refractivity contribution in [3.8, 4) is 17.1 Å². The van der Waals surface area contributed by atoms with Gasteiger partial charge in [0.05, 0.1) is 48.2 Å². The first-order valence-electron chi connectivity index (χ1n) is 8.56. The zero-order valence-electron chi connectivity index (χ0n) is 15.2. The first-order valence-corrected chi connectivity index (χ1v) is 8.56. The minimum atomic E-state index is -0.433. The molecule has 2 aromatic heterocycles. The van der Waals surface area contributed by atoms with E-state index in [1.807, 2.05) is 0 Å². The van der Waals surface area contributed by atoms with Crippen LogP contribution in [0.3, 0.4) is 0 Å². The third-order valence-corrected chi connectivity index (χ3v) is 4.60. The number of amides is 1. The number of halogens is 1. The number of benzene rings is 1. The molecule has 8 nitrogen and oxygen atoms in total. The van der Waals surface area contributed by atoms with Crippen molar-refractivity contribution in [3.05, 3.63) is 58.9 Å². The Labute approximate surface area is 160 Å². The average Bonchev–Trinajstić information content (AvgIpc) is 2.67. The number of anilines is 1. The third kappa shape index (κ3) is 3.11. The monoisotopic (exact) mass is 379 g/mol. The van der Waals surface area contributed by atoms with E-state index in [1.165, 1.54) is 31.6 Å². The Morgan fingerprint density at radius 1 is 1.25 bits per heavy atom. The van der Waals surface area contributed by atoms with Crippen LogP contribution in [-0.2, 0) is 6.42 Å². The molecule has 0 saturated carbocycles. The molecule has 3 N–H and O–H groups in total. The SMILES string of the molecule is Cc1nc(N)nc2c1C(=O)NC(c1ccc(F)cc1-c1cncc(O[11CH3])n1)C2. The summed E-state index contributed by atoms with van der Waals surface area (Å²) in [5.41, 5.74) is 8.90. The molecule has 0 bridgehead atoms. The van der Waals surface area contributed by atoms with Gasteiger partial charge in [-0.1, -0.05) is 6.07 Å². The topological polar surface area (TPSA) is 116 Å². The van der Waals surface area contributed by atoms with E-state index in [2.05, 4.69) is 25.3 Å². The Hall–Kier alpha value is -3.62. The summed E-state index contributed by atoms with van der Waals surface area (Å²) in [7, 11) is 1.48. The van der Waals surface area contributed by atoms with Crippen molar-refractivity contribution in [2.75, 3.05) is 12.8 Å². The Kier molecular flexibility index (Phi) is 4.34. The van der Waals surface area contributed by atoms with Crippen molar-refractivity contribution in [1.29, 1.82) is 0 Å². The highest BCUT2D eigenvalue weighted by Crippen LogP contribution is 2.33. The summed E-state index contributed by atoms with van der Waals surface area (Å²) < 4.78 is 19.1. The number of rotatable bonds is 3. The molecule has 0 aliphatic carbocycles. The number of nitrogens with zero attached hydrogens (tertiary/aromatic N) is 4. The van der Waals surface area contributed by atoms with E-state index in [9.17, 15) is 9.18 Å². The number of ether oxygens (including phenoxy) is 1. The van der Waals surface area contributed by atoms with Crippen LogP contribution in [-0.4, -0.2) is 33.0 Å². The van der Waals surface area contributed by atoms with Gasteiger partial charge in [-0.05, 0) is 24.6 Å². The van der Waals surface area contributed by atoms with Gasteiger partial charge in [0.25, 0.3) is 5.91 Å². The first-order chi connectivity index (χ1) is 13.5. The van der Waals surface area contributed by atoms with Gasteiger partial charge in [0.1, 0.15) is 5.82 Å². The lowest BCUT2D eigenvalue weighted by Gasteiger charge is -2.27. The minimum Gasteiger partial charge on any atom is -0.480 e. The number of aryl methyl sites for hydroxylation is 1. The van der Waals surface area contributed by atoms with E-state index < -0.39 is 11.9 Å². The number of nitrogen functional groups attached to an aromatic ring is 1. The number of carbonyl (C=O) groups excluding carboxylic acids is 1. The standard InChI is InChI=1S/C19H17FN6O2/c1-9-17-14(26-19(21)23-9)6-13(25-18(17)27)11-4-3-10(20)5-12(11)15-7-22-8-16(24-15)28-2/h3-5,7-8,13H,6H2,1-2H3,(H,25,27)(H2,21,23,26)/i2-1. The van der Waals surface area contributed by atoms with E-state index in [0.29, 0.717) is 46.1 Å². The highest BCUT2D eigenvalue weighted by molar-refractivity contribution is 5.98. The zero-order chi connectivity index (χ0) is 19.8. The quantitative estimate of drug-likeness (QED) is 0.715. The lowest BCUT2D eigenvalue weighted by molar-refractivity contribution is 0.0922. The summed E-state index contributed by atoms with van der Waals surface area (Å²) in [4.78, 5) is 29.4. The van der Waals surface area contributed by atoms with E-state index in [-0.39, 0.29) is 11.9 Å². The maximum atomic E-state index is 14.0. The molecule has 1 aromatic carbocycles. The number of hydrogen-bond donors (Lipinski definition) is 2. The van der Waals surface area contributed by atoms with Crippen LogP contribution in [0.25, 0.3) is 11.3 Å². The predicted molar refractivity (Wildman–Crippen MR) is 99.1 cm³/mol. The molecule has 4 rings (SSSR count). The Balaban J connectivity index is 1.81. The van der Waals surface area contributed by atoms with Crippen molar-refractivity contribution in [2.45, 2.75) is 19.4 Å². The second-order valence-electron chi connectivity index (χ2n) is 6.40. The summed E-state index contributed by atoms with van der Waals surface area (Å²) in [5.74, 6) is -0.298.